The maximum atomic E-state index is 9.43. The Morgan fingerprint density at radius 2 is 1.73 bits per heavy atom. The first-order valence-electron chi connectivity index (χ1n) is 4.08. The number of H-pyrrole nitrogens is 1. The van der Waals surface area contributed by atoms with Gasteiger partial charge in [-0.1, -0.05) is 53.0 Å². The molecule has 1 aromatic heterocycles. The number of aromatic amines is 1. The number of benzene rings is 1. The van der Waals surface area contributed by atoms with E-state index in [1.807, 2.05) is 18.3 Å². The Morgan fingerprint density at radius 1 is 1.13 bits per heavy atom. The van der Waals surface area contributed by atoms with Crippen molar-refractivity contribution in [1.82, 2.24) is 4.98 Å². The number of alkyl halides is 3. The summed E-state index contributed by atoms with van der Waals surface area (Å²) in [5, 5.41) is 1.28. The minimum Gasteiger partial charge on any atom is -0.361 e. The second kappa shape index (κ2) is 5.40. The van der Waals surface area contributed by atoms with E-state index in [-0.39, 0.29) is 6.29 Å². The highest BCUT2D eigenvalue weighted by atomic mass is 35.6. The van der Waals surface area contributed by atoms with Crippen LogP contribution in [-0.4, -0.2) is 15.1 Å². The molecular weight excluding hydrogens is 256 g/mol. The number of hydrogen-bond acceptors (Lipinski definition) is 1. The Morgan fingerprint density at radius 3 is 2.27 bits per heavy atom. The van der Waals surface area contributed by atoms with Crippen LogP contribution in [0, 0.1) is 0 Å². The summed E-state index contributed by atoms with van der Waals surface area (Å²) in [6.45, 7) is 0. The quantitative estimate of drug-likeness (QED) is 0.571. The standard InChI is InChI=1S/C8H7N.C2HCl3O/c1-2-4-8-7(3-1)5-6-9-8;3-2(4,5)1-6/h1-6,9H;1H. The lowest BCUT2D eigenvalue weighted by atomic mass is 10.3. The summed E-state index contributed by atoms with van der Waals surface area (Å²) in [5.74, 6) is 0. The summed E-state index contributed by atoms with van der Waals surface area (Å²) in [6.07, 6.45) is 2.18. The van der Waals surface area contributed by atoms with Crippen LogP contribution in [0.15, 0.2) is 36.5 Å². The SMILES string of the molecule is O=CC(Cl)(Cl)Cl.c1ccc2[nH]ccc2c1. The Kier molecular flexibility index (Phi) is 4.45. The molecule has 0 amide bonds. The molecule has 5 heteroatoms. The second-order valence-electron chi connectivity index (χ2n) is 2.72. The summed E-state index contributed by atoms with van der Waals surface area (Å²) in [7, 11) is 0. The zero-order valence-corrected chi connectivity index (χ0v) is 9.85. The first-order chi connectivity index (χ1) is 7.03. The van der Waals surface area contributed by atoms with E-state index in [1.165, 1.54) is 10.9 Å². The first kappa shape index (κ1) is 12.4. The monoisotopic (exact) mass is 263 g/mol. The molecule has 2 rings (SSSR count). The summed E-state index contributed by atoms with van der Waals surface area (Å²) < 4.78 is -1.72. The van der Waals surface area contributed by atoms with Crippen LogP contribution in [0.5, 0.6) is 0 Å². The number of nitrogens with one attached hydrogen (secondary N) is 1. The zero-order valence-electron chi connectivity index (χ0n) is 7.58. The molecule has 0 unspecified atom stereocenters. The average molecular weight is 265 g/mol. The van der Waals surface area contributed by atoms with E-state index >= 15 is 0 Å². The Bertz CT molecular complexity index is 403. The normalized spacial score (nSPS) is 10.6. The molecule has 2 aromatic rings. The smallest absolute Gasteiger partial charge is 0.245 e. The number of aromatic nitrogens is 1. The topological polar surface area (TPSA) is 32.9 Å². The van der Waals surface area contributed by atoms with E-state index in [2.05, 4.69) is 23.2 Å². The molecule has 2 nitrogen and oxygen atoms in total. The molecule has 1 heterocycles. The minimum atomic E-state index is -1.72. The number of rotatable bonds is 0. The van der Waals surface area contributed by atoms with Gasteiger partial charge in [0, 0.05) is 11.7 Å². The molecular formula is C10H8Cl3NO. The Balaban J connectivity index is 0.000000167. The Labute approximate surface area is 102 Å². The van der Waals surface area contributed by atoms with Crippen molar-refractivity contribution in [2.75, 3.05) is 0 Å². The van der Waals surface area contributed by atoms with Crippen molar-refractivity contribution in [2.24, 2.45) is 0 Å². The fraction of sp³-hybridized carbons (Fsp3) is 0.100. The number of para-hydroxylation sites is 1. The van der Waals surface area contributed by atoms with E-state index in [9.17, 15) is 4.79 Å². The molecule has 0 saturated heterocycles. The van der Waals surface area contributed by atoms with Crippen molar-refractivity contribution in [2.45, 2.75) is 3.79 Å². The predicted molar refractivity (Wildman–Crippen MR) is 64.7 cm³/mol. The van der Waals surface area contributed by atoms with Crippen LogP contribution in [0.4, 0.5) is 0 Å². The second-order valence-corrected chi connectivity index (χ2v) is 5.09. The van der Waals surface area contributed by atoms with Gasteiger partial charge >= 0.3 is 0 Å². The highest BCUT2D eigenvalue weighted by Crippen LogP contribution is 2.21. The van der Waals surface area contributed by atoms with Gasteiger partial charge in [-0.25, -0.2) is 0 Å². The molecule has 15 heavy (non-hydrogen) atoms. The van der Waals surface area contributed by atoms with Crippen molar-refractivity contribution >= 4 is 52.0 Å². The van der Waals surface area contributed by atoms with Crippen molar-refractivity contribution in [1.29, 1.82) is 0 Å². The van der Waals surface area contributed by atoms with Gasteiger partial charge in [0.2, 0.25) is 3.79 Å². The van der Waals surface area contributed by atoms with E-state index in [0.29, 0.717) is 0 Å². The third-order valence-electron chi connectivity index (χ3n) is 1.60. The fourth-order valence-corrected chi connectivity index (χ4v) is 0.995. The predicted octanol–water partition coefficient (Wildman–Crippen LogP) is 3.72. The van der Waals surface area contributed by atoms with Crippen molar-refractivity contribution in [3.63, 3.8) is 0 Å². The molecule has 0 aliphatic carbocycles. The molecule has 0 saturated carbocycles. The van der Waals surface area contributed by atoms with Gasteiger partial charge in [0.05, 0.1) is 0 Å². The van der Waals surface area contributed by atoms with Gasteiger partial charge in [0.1, 0.15) is 0 Å². The maximum Gasteiger partial charge on any atom is 0.245 e. The minimum absolute atomic E-state index is 0.234. The molecule has 0 aliphatic rings. The van der Waals surface area contributed by atoms with Crippen LogP contribution >= 0.6 is 34.8 Å². The molecule has 0 radical (unpaired) electrons. The lowest BCUT2D eigenvalue weighted by Gasteiger charge is -1.93. The van der Waals surface area contributed by atoms with Crippen LogP contribution in [0.1, 0.15) is 0 Å². The van der Waals surface area contributed by atoms with E-state index in [0.717, 1.165) is 0 Å². The summed E-state index contributed by atoms with van der Waals surface area (Å²) >= 11 is 14.6. The molecule has 80 valence electrons. The molecule has 0 spiro atoms. The number of hydrogen-bond donors (Lipinski definition) is 1. The lowest BCUT2D eigenvalue weighted by Crippen LogP contribution is -2.00. The molecule has 0 atom stereocenters. The van der Waals surface area contributed by atoms with Crippen LogP contribution in [-0.2, 0) is 4.79 Å². The van der Waals surface area contributed by atoms with Crippen LogP contribution in [0.2, 0.25) is 0 Å². The van der Waals surface area contributed by atoms with E-state index in [4.69, 9.17) is 34.8 Å². The van der Waals surface area contributed by atoms with Crippen molar-refractivity contribution in [3.8, 4) is 0 Å². The average Bonchev–Trinajstić information content (AvgIpc) is 2.65. The largest absolute Gasteiger partial charge is 0.361 e. The molecule has 1 aromatic carbocycles. The van der Waals surface area contributed by atoms with Crippen LogP contribution in [0.3, 0.4) is 0 Å². The van der Waals surface area contributed by atoms with Gasteiger partial charge in [0.25, 0.3) is 0 Å². The number of fused-ring (bicyclic) bond motifs is 1. The first-order valence-corrected chi connectivity index (χ1v) is 5.21. The molecule has 0 aliphatic heterocycles. The number of halogens is 3. The number of carbonyl (C=O) groups excluding carboxylic acids is 1. The molecule has 0 bridgehead atoms. The highest BCUT2D eigenvalue weighted by Gasteiger charge is 2.16. The van der Waals surface area contributed by atoms with Crippen LogP contribution in [0.25, 0.3) is 10.9 Å². The lowest BCUT2D eigenvalue weighted by molar-refractivity contribution is -0.107. The highest BCUT2D eigenvalue weighted by molar-refractivity contribution is 6.74. The summed E-state index contributed by atoms with van der Waals surface area (Å²) in [6, 6.07) is 10.3. The number of carbonyl (C=O) groups is 1. The van der Waals surface area contributed by atoms with E-state index in [1.54, 1.807) is 0 Å². The van der Waals surface area contributed by atoms with Gasteiger partial charge < -0.3 is 4.98 Å². The maximum absolute atomic E-state index is 9.43. The van der Waals surface area contributed by atoms with Gasteiger partial charge in [-0.15, -0.1) is 0 Å². The van der Waals surface area contributed by atoms with Crippen molar-refractivity contribution in [3.05, 3.63) is 36.5 Å². The van der Waals surface area contributed by atoms with Gasteiger partial charge in [-0.2, -0.15) is 0 Å². The van der Waals surface area contributed by atoms with Crippen LogP contribution < -0.4 is 0 Å². The fourth-order valence-electron chi connectivity index (χ4n) is 0.995. The third-order valence-corrected chi connectivity index (χ3v) is 1.86. The molecule has 0 fully saturated rings. The van der Waals surface area contributed by atoms with E-state index < -0.39 is 3.79 Å². The summed E-state index contributed by atoms with van der Waals surface area (Å²) in [5.41, 5.74) is 1.21. The number of aldehydes is 1. The van der Waals surface area contributed by atoms with Gasteiger partial charge in [-0.05, 0) is 17.5 Å². The third kappa shape index (κ3) is 4.56. The van der Waals surface area contributed by atoms with Crippen molar-refractivity contribution < 1.29 is 4.79 Å². The van der Waals surface area contributed by atoms with Gasteiger partial charge in [0.15, 0.2) is 6.29 Å². The van der Waals surface area contributed by atoms with Gasteiger partial charge in [-0.3, -0.25) is 4.79 Å². The summed E-state index contributed by atoms with van der Waals surface area (Å²) in [4.78, 5) is 12.6. The zero-order chi connectivity index (χ0) is 11.3. The molecule has 1 N–H and O–H groups in total. The Hall–Kier alpha value is -0.700.